The Bertz CT molecular complexity index is 1740. The van der Waals surface area contributed by atoms with Crippen LogP contribution in [0, 0.1) is 5.82 Å². The molecule has 0 saturated carbocycles. The molecule has 1 amide bonds. The van der Waals surface area contributed by atoms with Crippen molar-refractivity contribution in [2.75, 3.05) is 4.90 Å². The summed E-state index contributed by atoms with van der Waals surface area (Å²) in [6.07, 6.45) is 0. The molecule has 0 spiro atoms. The van der Waals surface area contributed by atoms with Gasteiger partial charge in [-0.05, 0) is 46.9 Å². The van der Waals surface area contributed by atoms with Crippen LogP contribution >= 0.6 is 11.3 Å². The number of aromatic nitrogens is 1. The number of aliphatic hydroxyl groups is 1. The number of amides is 1. The minimum Gasteiger partial charge on any atom is -0.503 e. The van der Waals surface area contributed by atoms with Crippen molar-refractivity contribution in [3.63, 3.8) is 0 Å². The smallest absolute Gasteiger partial charge is 0.296 e. The quantitative estimate of drug-likeness (QED) is 0.249. The van der Waals surface area contributed by atoms with Gasteiger partial charge in [-0.3, -0.25) is 14.5 Å². The SMILES string of the molecule is CC(C)(C)c1ccc(C2C(C(=O)c3cc4ccccc4o3)=C(O)C(=O)N2c2nc3ccc(F)cc3s2)cc1. The normalized spacial score (nSPS) is 16.3. The van der Waals surface area contributed by atoms with Crippen LogP contribution in [0.15, 0.2) is 88.5 Å². The molecular formula is C30H23FN2O4S. The number of thiazole rings is 1. The number of hydrogen-bond acceptors (Lipinski definition) is 6. The van der Waals surface area contributed by atoms with E-state index >= 15 is 0 Å². The summed E-state index contributed by atoms with van der Waals surface area (Å²) in [5.41, 5.74) is 2.54. The minimum atomic E-state index is -0.956. The van der Waals surface area contributed by atoms with Crippen molar-refractivity contribution in [2.45, 2.75) is 32.2 Å². The lowest BCUT2D eigenvalue weighted by Crippen LogP contribution is -2.31. The van der Waals surface area contributed by atoms with Gasteiger partial charge >= 0.3 is 0 Å². The van der Waals surface area contributed by atoms with Gasteiger partial charge < -0.3 is 9.52 Å². The molecule has 2 aromatic heterocycles. The van der Waals surface area contributed by atoms with Gasteiger partial charge in [0.15, 0.2) is 16.7 Å². The fourth-order valence-corrected chi connectivity index (χ4v) is 5.75. The summed E-state index contributed by atoms with van der Waals surface area (Å²) < 4.78 is 20.2. The number of anilines is 1. The number of ketones is 1. The van der Waals surface area contributed by atoms with E-state index in [4.69, 9.17) is 4.42 Å². The van der Waals surface area contributed by atoms with E-state index in [-0.39, 0.29) is 21.9 Å². The van der Waals surface area contributed by atoms with Crippen molar-refractivity contribution in [3.8, 4) is 0 Å². The highest BCUT2D eigenvalue weighted by molar-refractivity contribution is 7.22. The fourth-order valence-electron chi connectivity index (χ4n) is 4.73. The molecule has 38 heavy (non-hydrogen) atoms. The van der Waals surface area contributed by atoms with Crippen molar-refractivity contribution < 1.29 is 23.5 Å². The van der Waals surface area contributed by atoms with Gasteiger partial charge in [0.25, 0.3) is 5.91 Å². The largest absolute Gasteiger partial charge is 0.503 e. The first-order valence-corrected chi connectivity index (χ1v) is 12.9. The number of hydrogen-bond donors (Lipinski definition) is 1. The molecule has 8 heteroatoms. The first-order chi connectivity index (χ1) is 18.1. The van der Waals surface area contributed by atoms with Gasteiger partial charge in [-0.1, -0.05) is 74.6 Å². The van der Waals surface area contributed by atoms with Crippen LogP contribution in [0.2, 0.25) is 0 Å². The molecule has 5 aromatic rings. The highest BCUT2D eigenvalue weighted by Gasteiger charge is 2.46. The van der Waals surface area contributed by atoms with Crippen LogP contribution in [0.1, 0.15) is 48.5 Å². The van der Waals surface area contributed by atoms with Gasteiger partial charge in [0, 0.05) is 5.39 Å². The summed E-state index contributed by atoms with van der Waals surface area (Å²) in [5.74, 6) is -2.41. The van der Waals surface area contributed by atoms with Crippen molar-refractivity contribution in [3.05, 3.63) is 107 Å². The van der Waals surface area contributed by atoms with Crippen LogP contribution < -0.4 is 4.90 Å². The summed E-state index contributed by atoms with van der Waals surface area (Å²) in [4.78, 5) is 33.2. The van der Waals surface area contributed by atoms with E-state index < -0.39 is 29.3 Å². The van der Waals surface area contributed by atoms with E-state index in [0.717, 1.165) is 22.3 Å². The van der Waals surface area contributed by atoms with E-state index in [1.807, 2.05) is 36.4 Å². The van der Waals surface area contributed by atoms with Crippen LogP contribution in [-0.2, 0) is 10.2 Å². The molecule has 1 aliphatic rings. The summed E-state index contributed by atoms with van der Waals surface area (Å²) in [5, 5.41) is 12.1. The van der Waals surface area contributed by atoms with Crippen molar-refractivity contribution in [1.82, 2.24) is 4.98 Å². The Morgan fingerprint density at radius 3 is 2.50 bits per heavy atom. The van der Waals surface area contributed by atoms with E-state index in [1.165, 1.54) is 23.1 Å². The van der Waals surface area contributed by atoms with Crippen LogP contribution in [0.4, 0.5) is 9.52 Å². The topological polar surface area (TPSA) is 83.6 Å². The van der Waals surface area contributed by atoms with Crippen molar-refractivity contribution in [1.29, 1.82) is 0 Å². The summed E-state index contributed by atoms with van der Waals surface area (Å²) in [6.45, 7) is 6.28. The summed E-state index contributed by atoms with van der Waals surface area (Å²) in [7, 11) is 0. The molecule has 0 bridgehead atoms. The number of benzene rings is 3. The second kappa shape index (κ2) is 8.63. The first kappa shape index (κ1) is 24.1. The predicted molar refractivity (Wildman–Crippen MR) is 145 cm³/mol. The van der Waals surface area contributed by atoms with Crippen molar-refractivity contribution >= 4 is 49.3 Å². The van der Waals surface area contributed by atoms with Crippen LogP contribution in [0.5, 0.6) is 0 Å². The Morgan fingerprint density at radius 1 is 1.05 bits per heavy atom. The molecule has 1 atom stereocenters. The van der Waals surface area contributed by atoms with Crippen LogP contribution in [0.25, 0.3) is 21.2 Å². The summed E-state index contributed by atoms with van der Waals surface area (Å²) in [6, 6.07) is 19.6. The van der Waals surface area contributed by atoms with E-state index in [9.17, 15) is 19.1 Å². The Labute approximate surface area is 221 Å². The lowest BCUT2D eigenvalue weighted by atomic mass is 9.85. The van der Waals surface area contributed by atoms with Gasteiger partial charge in [-0.25, -0.2) is 9.37 Å². The number of halogens is 1. The molecule has 3 heterocycles. The maximum absolute atomic E-state index is 13.9. The second-order valence-electron chi connectivity index (χ2n) is 10.3. The first-order valence-electron chi connectivity index (χ1n) is 12.1. The third-order valence-corrected chi connectivity index (χ3v) is 7.76. The van der Waals surface area contributed by atoms with Crippen molar-refractivity contribution in [2.24, 2.45) is 0 Å². The molecule has 3 aromatic carbocycles. The van der Waals surface area contributed by atoms with Crippen LogP contribution in [-0.4, -0.2) is 21.8 Å². The predicted octanol–water partition coefficient (Wildman–Crippen LogP) is 7.26. The Morgan fingerprint density at radius 2 is 1.79 bits per heavy atom. The fraction of sp³-hybridized carbons (Fsp3) is 0.167. The van der Waals surface area contributed by atoms with Gasteiger partial charge in [0.05, 0.1) is 21.8 Å². The molecule has 1 unspecified atom stereocenters. The number of rotatable bonds is 4. The molecule has 0 aliphatic carbocycles. The number of fused-ring (bicyclic) bond motifs is 2. The molecular weight excluding hydrogens is 503 g/mol. The summed E-state index contributed by atoms with van der Waals surface area (Å²) >= 11 is 1.12. The molecule has 190 valence electrons. The lowest BCUT2D eigenvalue weighted by molar-refractivity contribution is -0.117. The number of furan rings is 1. The third-order valence-electron chi connectivity index (χ3n) is 6.74. The molecule has 1 N–H and O–H groups in total. The Kier molecular flexibility index (Phi) is 5.47. The number of carbonyl (C=O) groups is 2. The molecule has 6 nitrogen and oxygen atoms in total. The monoisotopic (exact) mass is 526 g/mol. The Hall–Kier alpha value is -4.30. The number of aliphatic hydroxyl groups excluding tert-OH is 1. The molecule has 0 saturated heterocycles. The van der Waals surface area contributed by atoms with Gasteiger partial charge in [-0.15, -0.1) is 0 Å². The molecule has 0 radical (unpaired) electrons. The van der Waals surface area contributed by atoms with E-state index in [2.05, 4.69) is 25.8 Å². The number of nitrogens with zero attached hydrogens (tertiary/aromatic N) is 2. The van der Waals surface area contributed by atoms with Gasteiger partial charge in [-0.2, -0.15) is 0 Å². The number of carbonyl (C=O) groups excluding carboxylic acids is 2. The van der Waals surface area contributed by atoms with E-state index in [0.29, 0.717) is 21.4 Å². The van der Waals surface area contributed by atoms with Gasteiger partial charge in [0.1, 0.15) is 11.4 Å². The minimum absolute atomic E-state index is 0.0186. The molecule has 1 aliphatic heterocycles. The maximum Gasteiger partial charge on any atom is 0.296 e. The average Bonchev–Trinajstić information content (AvgIpc) is 3.57. The highest BCUT2D eigenvalue weighted by atomic mass is 32.1. The number of Topliss-reactive ketones (excluding diaryl/α,β-unsaturated/α-hetero) is 1. The second-order valence-corrected chi connectivity index (χ2v) is 11.3. The Balaban J connectivity index is 1.51. The zero-order chi connectivity index (χ0) is 26.8. The van der Waals surface area contributed by atoms with E-state index in [1.54, 1.807) is 18.2 Å². The van der Waals surface area contributed by atoms with Crippen LogP contribution in [0.3, 0.4) is 0 Å². The van der Waals surface area contributed by atoms with Gasteiger partial charge in [0.2, 0.25) is 5.78 Å². The lowest BCUT2D eigenvalue weighted by Gasteiger charge is -2.25. The molecule has 0 fully saturated rings. The zero-order valence-electron chi connectivity index (χ0n) is 20.9. The highest BCUT2D eigenvalue weighted by Crippen LogP contribution is 2.45. The maximum atomic E-state index is 13.9. The standard InChI is InChI=1S/C30H23FN2O4S/c1-30(2,3)18-10-8-16(9-11-18)25-24(26(34)22-14-17-6-4-5-7-21(17)37-22)27(35)28(36)33(25)29-32-20-13-12-19(31)15-23(20)38-29/h4-15,25,35H,1-3H3. The number of para-hydroxylation sites is 1. The third kappa shape index (κ3) is 3.88. The average molecular weight is 527 g/mol. The zero-order valence-corrected chi connectivity index (χ0v) is 21.7. The molecule has 6 rings (SSSR count).